The van der Waals surface area contributed by atoms with Crippen LogP contribution >= 0.6 is 0 Å². The lowest BCUT2D eigenvalue weighted by molar-refractivity contribution is 0.668. The smallest absolute Gasteiger partial charge is 0.143 e. The predicted molar refractivity (Wildman–Crippen MR) is 255 cm³/mol. The van der Waals surface area contributed by atoms with Gasteiger partial charge in [-0.15, -0.1) is 0 Å². The number of hydrogen-bond acceptors (Lipinski definition) is 5. The molecule has 15 rings (SSSR count). The maximum Gasteiger partial charge on any atom is 0.143 e. The van der Waals surface area contributed by atoms with Crippen LogP contribution in [0.4, 0.5) is 0 Å². The number of benzene rings is 9. The van der Waals surface area contributed by atoms with Gasteiger partial charge in [0.05, 0.1) is 39.9 Å². The van der Waals surface area contributed by atoms with E-state index in [1.165, 1.54) is 0 Å². The van der Waals surface area contributed by atoms with Crippen LogP contribution in [0.3, 0.4) is 0 Å². The highest BCUT2D eigenvalue weighted by Crippen LogP contribution is 2.59. The summed E-state index contributed by atoms with van der Waals surface area (Å²) in [7, 11) is 0. The van der Waals surface area contributed by atoms with E-state index in [2.05, 4.69) is 132 Å². The number of rotatable bonds is 3. The Bertz CT molecular complexity index is 4190. The van der Waals surface area contributed by atoms with Crippen LogP contribution in [0.15, 0.2) is 179 Å². The van der Waals surface area contributed by atoms with E-state index in [0.717, 1.165) is 127 Å². The van der Waals surface area contributed by atoms with Gasteiger partial charge in [-0.2, -0.15) is 15.8 Å². The molecule has 0 spiro atoms. The summed E-state index contributed by atoms with van der Waals surface area (Å²) >= 11 is 0. The Balaban J connectivity index is 1.02. The van der Waals surface area contributed by atoms with Crippen LogP contribution < -0.4 is 0 Å². The van der Waals surface area contributed by atoms with Gasteiger partial charge < -0.3 is 13.4 Å². The van der Waals surface area contributed by atoms with Crippen molar-refractivity contribution in [3.05, 3.63) is 220 Å². The second-order valence-corrected chi connectivity index (χ2v) is 17.2. The van der Waals surface area contributed by atoms with Crippen LogP contribution in [-0.4, -0.2) is 4.57 Å². The van der Waals surface area contributed by atoms with Crippen LogP contribution in [-0.2, 0) is 0 Å². The zero-order valence-electron chi connectivity index (χ0n) is 34.4. The van der Waals surface area contributed by atoms with Crippen molar-refractivity contribution >= 4 is 65.7 Å². The number of fused-ring (bicyclic) bond motifs is 9. The maximum absolute atomic E-state index is 11.3. The first kappa shape index (κ1) is 35.4. The molecule has 3 heterocycles. The monoisotopic (exact) mass is 826 g/mol. The summed E-state index contributed by atoms with van der Waals surface area (Å²) in [6, 6.07) is 65.7. The summed E-state index contributed by atoms with van der Waals surface area (Å²) in [5, 5.41) is 38.6. The molecule has 6 nitrogen and oxygen atoms in total. The molecule has 0 saturated carbocycles. The van der Waals surface area contributed by atoms with Crippen molar-refractivity contribution in [3.63, 3.8) is 0 Å². The lowest BCUT2D eigenvalue weighted by Crippen LogP contribution is -2.30. The van der Waals surface area contributed by atoms with Crippen molar-refractivity contribution < 1.29 is 8.83 Å². The number of aromatic nitrogens is 1. The first-order chi connectivity index (χ1) is 32.1. The van der Waals surface area contributed by atoms with Crippen LogP contribution in [0.25, 0.3) is 93.6 Å². The SMILES string of the molecule is N#Cc1cccc2c1C1c3c(C#N)cccc3C2c2ccc(-c3ccc4c(c3)c3cc(-c5cccc6c5oc5ccccc56)ccc3n4-c3ccc4c(c3)oc3ccccc34)c(C#N)c21. The van der Waals surface area contributed by atoms with Gasteiger partial charge in [0.15, 0.2) is 0 Å². The molecule has 0 atom stereocenters. The minimum absolute atomic E-state index is 0.207. The van der Waals surface area contributed by atoms with Gasteiger partial charge in [-0.25, -0.2) is 0 Å². The average molecular weight is 827 g/mol. The molecule has 3 aliphatic carbocycles. The van der Waals surface area contributed by atoms with Crippen molar-refractivity contribution in [3.8, 4) is 46.1 Å². The van der Waals surface area contributed by atoms with E-state index >= 15 is 0 Å². The maximum atomic E-state index is 11.3. The van der Waals surface area contributed by atoms with E-state index in [-0.39, 0.29) is 5.92 Å². The average Bonchev–Trinajstić information content (AvgIpc) is 4.04. The third kappa shape index (κ3) is 4.68. The fraction of sp³-hybridized carbons (Fsp3) is 0.0339. The van der Waals surface area contributed by atoms with Gasteiger partial charge in [0.1, 0.15) is 28.4 Å². The molecule has 0 aliphatic heterocycles. The summed E-state index contributed by atoms with van der Waals surface area (Å²) in [6.45, 7) is 0. The molecule has 298 valence electrons. The van der Waals surface area contributed by atoms with E-state index < -0.39 is 5.92 Å². The van der Waals surface area contributed by atoms with Gasteiger partial charge in [-0.1, -0.05) is 103 Å². The number of nitriles is 3. The molecular weight excluding hydrogens is 797 g/mol. The van der Waals surface area contributed by atoms with Crippen molar-refractivity contribution in [2.24, 2.45) is 0 Å². The van der Waals surface area contributed by atoms with Gasteiger partial charge >= 0.3 is 0 Å². The van der Waals surface area contributed by atoms with E-state index in [0.29, 0.717) is 16.7 Å². The standard InChI is InChI=1S/C59H30N4O2/c60-29-34-8-5-14-43-54(34)58-55-35(30-61)9-6-15-44(55)56(43)45-23-22-37(48(31-62)57(45)58)32-18-24-49-46(26-32)47-27-33(38-12-7-13-42-40-11-2-4-17-52(40)65-59(38)42)19-25-50(47)63(49)36-20-21-41-39-10-1-3-16-51(39)64-53(41)28-36/h1-28,56,58H. The normalized spacial score (nSPS) is 14.7. The van der Waals surface area contributed by atoms with Crippen LogP contribution in [0, 0.1) is 34.0 Å². The highest BCUT2D eigenvalue weighted by molar-refractivity contribution is 6.14. The lowest BCUT2D eigenvalue weighted by Gasteiger charge is -2.43. The van der Waals surface area contributed by atoms with Crippen molar-refractivity contribution in [2.75, 3.05) is 0 Å². The molecule has 0 amide bonds. The molecule has 12 aromatic rings. The molecule has 0 N–H and O–H groups in total. The Morgan fingerprint density at radius 2 is 0.985 bits per heavy atom. The molecule has 9 aromatic carbocycles. The Morgan fingerprint density at radius 1 is 0.400 bits per heavy atom. The van der Waals surface area contributed by atoms with Crippen LogP contribution in [0.2, 0.25) is 0 Å². The number of hydrogen-bond donors (Lipinski definition) is 0. The van der Waals surface area contributed by atoms with Crippen LogP contribution in [0.1, 0.15) is 61.9 Å². The van der Waals surface area contributed by atoms with Crippen molar-refractivity contribution in [1.29, 1.82) is 15.8 Å². The molecule has 6 heteroatoms. The fourth-order valence-corrected chi connectivity index (χ4v) is 11.5. The number of nitrogens with zero attached hydrogens (tertiary/aromatic N) is 4. The van der Waals surface area contributed by atoms with E-state index in [1.807, 2.05) is 60.7 Å². The molecule has 0 radical (unpaired) electrons. The van der Waals surface area contributed by atoms with Gasteiger partial charge in [0, 0.05) is 61.5 Å². The topological polar surface area (TPSA) is 103 Å². The highest BCUT2D eigenvalue weighted by Gasteiger charge is 2.45. The summed E-state index contributed by atoms with van der Waals surface area (Å²) < 4.78 is 15.2. The first-order valence-electron chi connectivity index (χ1n) is 21.7. The molecule has 0 unspecified atom stereocenters. The Hall–Kier alpha value is -9.15. The summed E-state index contributed by atoms with van der Waals surface area (Å²) in [5.41, 5.74) is 17.6. The Labute approximate surface area is 371 Å². The van der Waals surface area contributed by atoms with Crippen LogP contribution in [0.5, 0.6) is 0 Å². The molecule has 2 bridgehead atoms. The molecule has 0 saturated heterocycles. The first-order valence-corrected chi connectivity index (χ1v) is 21.7. The molecule has 0 fully saturated rings. The van der Waals surface area contributed by atoms with Crippen molar-refractivity contribution in [1.82, 2.24) is 4.57 Å². The Kier molecular flexibility index (Phi) is 7.06. The second kappa shape index (κ2) is 12.9. The van der Waals surface area contributed by atoms with Gasteiger partial charge in [-0.3, -0.25) is 0 Å². The summed E-state index contributed by atoms with van der Waals surface area (Å²) in [5.74, 6) is -0.648. The molecule has 65 heavy (non-hydrogen) atoms. The quantitative estimate of drug-likeness (QED) is 0.176. The lowest BCUT2D eigenvalue weighted by atomic mass is 9.58. The van der Waals surface area contributed by atoms with Crippen molar-refractivity contribution in [2.45, 2.75) is 11.8 Å². The van der Waals surface area contributed by atoms with Gasteiger partial charge in [-0.05, 0) is 111 Å². The third-order valence-electron chi connectivity index (χ3n) is 14.1. The number of furan rings is 2. The fourth-order valence-electron chi connectivity index (χ4n) is 11.5. The zero-order chi connectivity index (χ0) is 43.1. The largest absolute Gasteiger partial charge is 0.456 e. The molecule has 3 aliphatic rings. The van der Waals surface area contributed by atoms with Gasteiger partial charge in [0.2, 0.25) is 0 Å². The Morgan fingerprint density at radius 3 is 1.66 bits per heavy atom. The minimum Gasteiger partial charge on any atom is -0.456 e. The summed E-state index contributed by atoms with van der Waals surface area (Å²) in [6.07, 6.45) is 0. The van der Waals surface area contributed by atoms with Gasteiger partial charge in [0.25, 0.3) is 0 Å². The van der Waals surface area contributed by atoms with E-state index in [4.69, 9.17) is 8.83 Å². The minimum atomic E-state index is -0.441. The highest BCUT2D eigenvalue weighted by atomic mass is 16.3. The molecular formula is C59H30N4O2. The van der Waals surface area contributed by atoms with E-state index in [1.54, 1.807) is 0 Å². The van der Waals surface area contributed by atoms with E-state index in [9.17, 15) is 15.8 Å². The second-order valence-electron chi connectivity index (χ2n) is 17.2. The number of para-hydroxylation sites is 3. The summed E-state index contributed by atoms with van der Waals surface area (Å²) in [4.78, 5) is 0. The molecule has 3 aromatic heterocycles. The zero-order valence-corrected chi connectivity index (χ0v) is 34.4. The third-order valence-corrected chi connectivity index (χ3v) is 14.1. The predicted octanol–water partition coefficient (Wildman–Crippen LogP) is 14.5.